The van der Waals surface area contributed by atoms with Gasteiger partial charge < -0.3 is 19.1 Å². The minimum absolute atomic E-state index is 0.0822. The van der Waals surface area contributed by atoms with E-state index >= 15 is 0 Å². The predicted molar refractivity (Wildman–Crippen MR) is 93.3 cm³/mol. The van der Waals surface area contributed by atoms with Crippen molar-refractivity contribution in [3.8, 4) is 17.4 Å². The first kappa shape index (κ1) is 15.5. The summed E-state index contributed by atoms with van der Waals surface area (Å²) in [5.74, 6) is 2.53. The molecule has 6 nitrogen and oxygen atoms in total. The molecule has 0 radical (unpaired) electrons. The maximum atomic E-state index is 12.8. The molecule has 2 aromatic rings. The number of hydrogen-bond donors (Lipinski definition) is 0. The second-order valence-corrected chi connectivity index (χ2v) is 7.17. The largest absolute Gasteiger partial charge is 0.488 e. The van der Waals surface area contributed by atoms with Gasteiger partial charge in [-0.15, -0.1) is 0 Å². The van der Waals surface area contributed by atoms with Gasteiger partial charge in [0.05, 0.1) is 5.56 Å². The summed E-state index contributed by atoms with van der Waals surface area (Å²) in [6.45, 7) is 3.99. The quantitative estimate of drug-likeness (QED) is 0.828. The highest BCUT2D eigenvalue weighted by molar-refractivity contribution is 6.01. The SMILES string of the molecule is Cc1cnc2c(c1COc1cccc3c1C(=O)N(CC1CC1)C3)OCO2. The van der Waals surface area contributed by atoms with E-state index in [1.807, 2.05) is 30.0 Å². The van der Waals surface area contributed by atoms with Crippen LogP contribution < -0.4 is 14.2 Å². The van der Waals surface area contributed by atoms with Crippen LogP contribution in [0.3, 0.4) is 0 Å². The molecular formula is C20H20N2O4. The molecule has 134 valence electrons. The molecule has 0 atom stereocenters. The highest BCUT2D eigenvalue weighted by Crippen LogP contribution is 2.38. The Hall–Kier alpha value is -2.76. The first-order chi connectivity index (χ1) is 12.7. The van der Waals surface area contributed by atoms with Gasteiger partial charge in [0.25, 0.3) is 11.8 Å². The summed E-state index contributed by atoms with van der Waals surface area (Å²) in [5.41, 5.74) is 3.63. The molecule has 1 aromatic heterocycles. The van der Waals surface area contributed by atoms with Gasteiger partial charge in [-0.05, 0) is 42.9 Å². The summed E-state index contributed by atoms with van der Waals surface area (Å²) in [5, 5.41) is 0. The van der Waals surface area contributed by atoms with Gasteiger partial charge in [-0.2, -0.15) is 0 Å². The van der Waals surface area contributed by atoms with Crippen molar-refractivity contribution >= 4 is 5.91 Å². The molecule has 5 rings (SSSR count). The monoisotopic (exact) mass is 352 g/mol. The van der Waals surface area contributed by atoms with E-state index in [0.29, 0.717) is 42.0 Å². The molecule has 3 heterocycles. The van der Waals surface area contributed by atoms with E-state index in [-0.39, 0.29) is 12.7 Å². The summed E-state index contributed by atoms with van der Waals surface area (Å²) in [4.78, 5) is 19.0. The molecule has 0 N–H and O–H groups in total. The number of nitrogens with zero attached hydrogens (tertiary/aromatic N) is 2. The van der Waals surface area contributed by atoms with Crippen LogP contribution in [-0.2, 0) is 13.2 Å². The van der Waals surface area contributed by atoms with Crippen molar-refractivity contribution in [2.75, 3.05) is 13.3 Å². The summed E-state index contributed by atoms with van der Waals surface area (Å²) in [6, 6.07) is 5.83. The fourth-order valence-corrected chi connectivity index (χ4v) is 3.59. The van der Waals surface area contributed by atoms with E-state index in [1.54, 1.807) is 6.20 Å². The summed E-state index contributed by atoms with van der Waals surface area (Å²) >= 11 is 0. The third kappa shape index (κ3) is 2.57. The molecule has 1 aromatic carbocycles. The highest BCUT2D eigenvalue weighted by Gasteiger charge is 2.34. The van der Waals surface area contributed by atoms with Gasteiger partial charge in [0.1, 0.15) is 12.4 Å². The zero-order chi connectivity index (χ0) is 17.7. The third-order valence-corrected chi connectivity index (χ3v) is 5.24. The van der Waals surface area contributed by atoms with Crippen LogP contribution in [0, 0.1) is 12.8 Å². The van der Waals surface area contributed by atoms with E-state index in [0.717, 1.165) is 23.2 Å². The minimum atomic E-state index is 0.0822. The Morgan fingerprint density at radius 1 is 1.31 bits per heavy atom. The van der Waals surface area contributed by atoms with Gasteiger partial charge in [0.15, 0.2) is 5.75 Å². The molecule has 0 spiro atoms. The van der Waals surface area contributed by atoms with Crippen molar-refractivity contribution in [1.82, 2.24) is 9.88 Å². The number of rotatable bonds is 5. The van der Waals surface area contributed by atoms with Crippen LogP contribution in [0.15, 0.2) is 24.4 Å². The maximum absolute atomic E-state index is 12.8. The first-order valence-electron chi connectivity index (χ1n) is 8.98. The second kappa shape index (κ2) is 5.90. The number of aryl methyl sites for hydroxylation is 1. The van der Waals surface area contributed by atoms with Crippen LogP contribution in [0.2, 0.25) is 0 Å². The van der Waals surface area contributed by atoms with Crippen LogP contribution in [0.1, 0.15) is 39.9 Å². The van der Waals surface area contributed by atoms with Crippen LogP contribution in [0.25, 0.3) is 0 Å². The average molecular weight is 352 g/mol. The van der Waals surface area contributed by atoms with E-state index in [1.165, 1.54) is 12.8 Å². The lowest BCUT2D eigenvalue weighted by atomic mass is 10.1. The number of amides is 1. The standard InChI is InChI=1S/C20H20N2O4/c1-12-7-21-19-18(25-11-26-19)15(12)10-24-16-4-2-3-14-9-22(8-13-5-6-13)20(23)17(14)16/h2-4,7,13H,5-6,8-11H2,1H3. The molecule has 2 aliphatic heterocycles. The molecule has 0 unspecified atom stereocenters. The topological polar surface area (TPSA) is 60.9 Å². The third-order valence-electron chi connectivity index (χ3n) is 5.24. The predicted octanol–water partition coefficient (Wildman–Crippen LogP) is 3.06. The Morgan fingerprint density at radius 3 is 3.04 bits per heavy atom. The number of carbonyl (C=O) groups excluding carboxylic acids is 1. The van der Waals surface area contributed by atoms with E-state index in [2.05, 4.69) is 4.98 Å². The van der Waals surface area contributed by atoms with Crippen LogP contribution in [0.4, 0.5) is 0 Å². The van der Waals surface area contributed by atoms with Crippen LogP contribution in [-0.4, -0.2) is 29.1 Å². The maximum Gasteiger partial charge on any atom is 0.260 e. The van der Waals surface area contributed by atoms with Gasteiger partial charge in [0, 0.05) is 24.8 Å². The molecule has 1 aliphatic carbocycles. The Morgan fingerprint density at radius 2 is 2.19 bits per heavy atom. The molecule has 26 heavy (non-hydrogen) atoms. The Kier molecular flexibility index (Phi) is 3.51. The lowest BCUT2D eigenvalue weighted by Gasteiger charge is -2.15. The number of benzene rings is 1. The molecule has 1 saturated carbocycles. The molecule has 0 saturated heterocycles. The van der Waals surface area contributed by atoms with Crippen molar-refractivity contribution in [1.29, 1.82) is 0 Å². The van der Waals surface area contributed by atoms with Crippen LogP contribution >= 0.6 is 0 Å². The summed E-state index contributed by atoms with van der Waals surface area (Å²) in [7, 11) is 0. The Bertz CT molecular complexity index is 892. The smallest absolute Gasteiger partial charge is 0.260 e. The van der Waals surface area contributed by atoms with Gasteiger partial charge in [-0.1, -0.05) is 12.1 Å². The second-order valence-electron chi connectivity index (χ2n) is 7.17. The first-order valence-corrected chi connectivity index (χ1v) is 8.98. The summed E-state index contributed by atoms with van der Waals surface area (Å²) in [6.07, 6.45) is 4.22. The molecule has 0 bridgehead atoms. The van der Waals surface area contributed by atoms with Crippen molar-refractivity contribution < 1.29 is 19.0 Å². The molecule has 1 amide bonds. The number of fused-ring (bicyclic) bond motifs is 2. The van der Waals surface area contributed by atoms with Crippen molar-refractivity contribution in [3.63, 3.8) is 0 Å². The lowest BCUT2D eigenvalue weighted by molar-refractivity contribution is 0.0767. The van der Waals surface area contributed by atoms with E-state index < -0.39 is 0 Å². The normalized spacial score (nSPS) is 17.6. The van der Waals surface area contributed by atoms with Crippen LogP contribution in [0.5, 0.6) is 17.4 Å². The highest BCUT2D eigenvalue weighted by atomic mass is 16.7. The molecule has 3 aliphatic rings. The number of pyridine rings is 1. The molecule has 6 heteroatoms. The van der Waals surface area contributed by atoms with Crippen molar-refractivity contribution in [2.45, 2.75) is 32.9 Å². The van der Waals surface area contributed by atoms with E-state index in [4.69, 9.17) is 14.2 Å². The van der Waals surface area contributed by atoms with Gasteiger partial charge in [-0.25, -0.2) is 4.98 Å². The molecule has 1 fully saturated rings. The Balaban J connectivity index is 1.39. The number of aromatic nitrogens is 1. The average Bonchev–Trinajstić information content (AvgIpc) is 3.22. The minimum Gasteiger partial charge on any atom is -0.488 e. The van der Waals surface area contributed by atoms with Gasteiger partial charge in [0.2, 0.25) is 6.79 Å². The number of ether oxygens (including phenoxy) is 3. The van der Waals surface area contributed by atoms with Crippen molar-refractivity contribution in [2.24, 2.45) is 5.92 Å². The van der Waals surface area contributed by atoms with E-state index in [9.17, 15) is 4.79 Å². The fourth-order valence-electron chi connectivity index (χ4n) is 3.59. The lowest BCUT2D eigenvalue weighted by Crippen LogP contribution is -2.26. The van der Waals surface area contributed by atoms with Gasteiger partial charge in [-0.3, -0.25) is 4.79 Å². The zero-order valence-electron chi connectivity index (χ0n) is 14.7. The summed E-state index contributed by atoms with van der Waals surface area (Å²) < 4.78 is 17.0. The number of carbonyl (C=O) groups is 1. The van der Waals surface area contributed by atoms with Gasteiger partial charge >= 0.3 is 0 Å². The Labute approximate surface area is 151 Å². The zero-order valence-corrected chi connectivity index (χ0v) is 14.7. The fraction of sp³-hybridized carbons (Fsp3) is 0.400. The molecular weight excluding hydrogens is 332 g/mol. The number of hydrogen-bond acceptors (Lipinski definition) is 5. The van der Waals surface area contributed by atoms with Crippen molar-refractivity contribution in [3.05, 3.63) is 46.6 Å².